The lowest BCUT2D eigenvalue weighted by atomic mass is 10.0. The Morgan fingerprint density at radius 3 is 2.43 bits per heavy atom. The van der Waals surface area contributed by atoms with Gasteiger partial charge in [0.15, 0.2) is 0 Å². The number of hydrogen-bond donors (Lipinski definition) is 5. The summed E-state index contributed by atoms with van der Waals surface area (Å²) in [5.41, 5.74) is 4.73. The molecule has 0 radical (unpaired) electrons. The molecule has 0 bridgehead atoms. The van der Waals surface area contributed by atoms with E-state index in [-0.39, 0.29) is 45.5 Å². The first-order valence-corrected chi connectivity index (χ1v) is 12.1. The lowest BCUT2D eigenvalue weighted by Gasteiger charge is -2.24. The normalized spacial score (nSPS) is 13.9. The first kappa shape index (κ1) is 28.8. The van der Waals surface area contributed by atoms with Crippen LogP contribution in [0.5, 0.6) is 5.88 Å². The molecule has 1 aromatic carbocycles. The van der Waals surface area contributed by atoms with Gasteiger partial charge in [-0.15, -0.1) is 0 Å². The summed E-state index contributed by atoms with van der Waals surface area (Å²) in [6, 6.07) is 1.47. The molecular weight excluding hydrogens is 552 g/mol. The van der Waals surface area contributed by atoms with Crippen molar-refractivity contribution in [3.63, 3.8) is 0 Å². The maximum absolute atomic E-state index is 14.0. The number of rotatable bonds is 12. The molecule has 10 nitrogen and oxygen atoms in total. The van der Waals surface area contributed by atoms with E-state index in [9.17, 15) is 28.6 Å². The lowest BCUT2D eigenvalue weighted by molar-refractivity contribution is 0.0624. The van der Waals surface area contributed by atoms with Crippen LogP contribution in [0, 0.1) is 11.6 Å². The third kappa shape index (κ3) is 8.65. The minimum Gasteiger partial charge on any atom is -0.471 e. The fourth-order valence-corrected chi connectivity index (χ4v) is 4.12. The van der Waals surface area contributed by atoms with Crippen molar-refractivity contribution in [1.29, 1.82) is 0 Å². The number of ether oxygens (including phenoxy) is 1. The smallest absolute Gasteiger partial charge is 0.320 e. The van der Waals surface area contributed by atoms with Crippen LogP contribution in [0.15, 0.2) is 16.6 Å². The molecule has 1 aromatic heterocycles. The number of benzene rings is 1. The Kier molecular flexibility index (Phi) is 10.8. The van der Waals surface area contributed by atoms with Crippen molar-refractivity contribution in [2.45, 2.75) is 44.6 Å². The third-order valence-corrected chi connectivity index (χ3v) is 6.33. The molecule has 0 aliphatic rings. The number of amides is 3. The fraction of sp³-hybridized carbons (Fsp3) is 0.476. The van der Waals surface area contributed by atoms with Crippen LogP contribution in [-0.2, 0) is 6.61 Å². The van der Waals surface area contributed by atoms with Crippen molar-refractivity contribution in [2.24, 2.45) is 5.73 Å². The van der Waals surface area contributed by atoms with Crippen LogP contribution in [0.25, 0.3) is 0 Å². The highest BCUT2D eigenvalue weighted by molar-refractivity contribution is 9.10. The van der Waals surface area contributed by atoms with Gasteiger partial charge in [0.1, 0.15) is 28.8 Å². The van der Waals surface area contributed by atoms with E-state index in [4.69, 9.17) is 10.5 Å². The van der Waals surface area contributed by atoms with E-state index in [1.165, 1.54) is 0 Å². The summed E-state index contributed by atoms with van der Waals surface area (Å²) < 4.78 is 37.4. The minimum absolute atomic E-state index is 0.0453. The highest BCUT2D eigenvalue weighted by Gasteiger charge is 2.23. The number of nitrogens with two attached hydrogens (primary N) is 1. The van der Waals surface area contributed by atoms with E-state index in [1.807, 2.05) is 25.9 Å². The molecule has 0 saturated carbocycles. The number of nitrogens with zero attached hydrogens (tertiary/aromatic N) is 2. The van der Waals surface area contributed by atoms with Gasteiger partial charge in [-0.2, -0.15) is 4.37 Å². The number of aliphatic hydroxyl groups excluding tert-OH is 2. The number of urea groups is 1. The molecule has 35 heavy (non-hydrogen) atoms. The maximum atomic E-state index is 14.0. The monoisotopic (exact) mass is 579 g/mol. The van der Waals surface area contributed by atoms with E-state index >= 15 is 0 Å². The standard InChI is InChI=1S/C21H28BrF2N5O5S/c1-10(29(2)3)4-12(30)7-13(31)8-26-21(33)27-20-17(18(25)32)19(28-35-20)34-9-14-15(23)5-11(22)6-16(14)24/h5-6,10,12-13,30-31H,4,7-9H2,1-3H3,(H2,25,32)(H2,26,27,33). The van der Waals surface area contributed by atoms with Gasteiger partial charge in [0.05, 0.1) is 17.8 Å². The SMILES string of the molecule is CC(CC(O)CC(O)CNC(=O)Nc1snc(OCc2c(F)cc(Br)cc2F)c1C(N)=O)N(C)C. The Morgan fingerprint density at radius 2 is 1.86 bits per heavy atom. The van der Waals surface area contributed by atoms with Gasteiger partial charge in [-0.1, -0.05) is 15.9 Å². The zero-order valence-electron chi connectivity index (χ0n) is 19.3. The molecule has 6 N–H and O–H groups in total. The van der Waals surface area contributed by atoms with Crippen LogP contribution >= 0.6 is 27.5 Å². The lowest BCUT2D eigenvalue weighted by Crippen LogP contribution is -2.38. The number of carbonyl (C=O) groups excluding carboxylic acids is 2. The molecule has 0 fully saturated rings. The quantitative estimate of drug-likeness (QED) is 0.259. The zero-order chi connectivity index (χ0) is 26.3. The average molecular weight is 580 g/mol. The summed E-state index contributed by atoms with van der Waals surface area (Å²) in [5, 5.41) is 24.9. The molecule has 0 aliphatic heterocycles. The van der Waals surface area contributed by atoms with Gasteiger partial charge in [0.2, 0.25) is 5.88 Å². The predicted octanol–water partition coefficient (Wildman–Crippen LogP) is 2.44. The van der Waals surface area contributed by atoms with E-state index in [0.717, 1.165) is 12.1 Å². The molecule has 2 rings (SSSR count). The van der Waals surface area contributed by atoms with Gasteiger partial charge in [0, 0.05) is 23.5 Å². The number of primary amides is 1. The molecule has 0 spiro atoms. The predicted molar refractivity (Wildman–Crippen MR) is 130 cm³/mol. The van der Waals surface area contributed by atoms with Gasteiger partial charge in [-0.25, -0.2) is 13.6 Å². The number of aliphatic hydroxyl groups is 2. The van der Waals surface area contributed by atoms with Gasteiger partial charge in [-0.05, 0) is 51.1 Å². The summed E-state index contributed by atoms with van der Waals surface area (Å²) in [7, 11) is 3.76. The fourth-order valence-electron chi connectivity index (χ4n) is 2.98. The Labute approximate surface area is 213 Å². The van der Waals surface area contributed by atoms with Gasteiger partial charge >= 0.3 is 6.03 Å². The van der Waals surface area contributed by atoms with Crippen LogP contribution in [0.2, 0.25) is 0 Å². The van der Waals surface area contributed by atoms with Gasteiger partial charge in [0.25, 0.3) is 5.91 Å². The van der Waals surface area contributed by atoms with Crippen LogP contribution in [-0.4, -0.2) is 70.3 Å². The number of anilines is 1. The Bertz CT molecular complexity index is 1020. The van der Waals surface area contributed by atoms with Crippen molar-refractivity contribution in [3.8, 4) is 5.88 Å². The van der Waals surface area contributed by atoms with E-state index in [2.05, 4.69) is 30.9 Å². The highest BCUT2D eigenvalue weighted by atomic mass is 79.9. The first-order valence-electron chi connectivity index (χ1n) is 10.5. The van der Waals surface area contributed by atoms with Gasteiger partial charge < -0.3 is 30.9 Å². The molecule has 0 aliphatic carbocycles. The summed E-state index contributed by atoms with van der Waals surface area (Å²) in [4.78, 5) is 26.1. The second-order valence-electron chi connectivity index (χ2n) is 8.12. The van der Waals surface area contributed by atoms with E-state index in [0.29, 0.717) is 18.0 Å². The van der Waals surface area contributed by atoms with Crippen LogP contribution in [0.3, 0.4) is 0 Å². The average Bonchev–Trinajstić information content (AvgIpc) is 3.13. The largest absolute Gasteiger partial charge is 0.471 e. The van der Waals surface area contributed by atoms with Crippen molar-refractivity contribution >= 4 is 44.4 Å². The molecule has 1 heterocycles. The van der Waals surface area contributed by atoms with Crippen molar-refractivity contribution in [1.82, 2.24) is 14.6 Å². The van der Waals surface area contributed by atoms with Crippen LogP contribution in [0.1, 0.15) is 35.7 Å². The minimum atomic E-state index is -1.00. The topological polar surface area (TPSA) is 150 Å². The summed E-state index contributed by atoms with van der Waals surface area (Å²) in [6.45, 7) is 1.22. The number of halogens is 3. The summed E-state index contributed by atoms with van der Waals surface area (Å²) >= 11 is 3.66. The second-order valence-corrected chi connectivity index (χ2v) is 9.81. The van der Waals surface area contributed by atoms with Crippen molar-refractivity contribution in [3.05, 3.63) is 39.4 Å². The van der Waals surface area contributed by atoms with Crippen molar-refractivity contribution < 1.29 is 33.3 Å². The third-order valence-electron chi connectivity index (χ3n) is 5.13. The Hall–Kier alpha value is -2.39. The molecule has 0 saturated heterocycles. The summed E-state index contributed by atoms with van der Waals surface area (Å²) in [5.74, 6) is -2.98. The molecular formula is C21H28BrF2N5O5S. The molecule has 14 heteroatoms. The number of nitrogens with one attached hydrogen (secondary N) is 2. The maximum Gasteiger partial charge on any atom is 0.320 e. The highest BCUT2D eigenvalue weighted by Crippen LogP contribution is 2.31. The second kappa shape index (κ2) is 13.1. The number of carbonyl (C=O) groups is 2. The first-order chi connectivity index (χ1) is 16.4. The van der Waals surface area contributed by atoms with Gasteiger partial charge in [-0.3, -0.25) is 10.1 Å². The molecule has 3 atom stereocenters. The Morgan fingerprint density at radius 1 is 1.23 bits per heavy atom. The van der Waals surface area contributed by atoms with Crippen LogP contribution < -0.4 is 21.1 Å². The zero-order valence-corrected chi connectivity index (χ0v) is 21.8. The summed E-state index contributed by atoms with van der Waals surface area (Å²) in [6.07, 6.45) is -1.24. The number of aromatic nitrogens is 1. The van der Waals surface area contributed by atoms with Crippen LogP contribution in [0.4, 0.5) is 18.6 Å². The van der Waals surface area contributed by atoms with E-state index in [1.54, 1.807) is 0 Å². The molecule has 3 unspecified atom stereocenters. The molecule has 3 amide bonds. The molecule has 194 valence electrons. The number of hydrogen-bond acceptors (Lipinski definition) is 8. The van der Waals surface area contributed by atoms with E-state index < -0.39 is 42.4 Å². The Balaban J connectivity index is 1.95. The van der Waals surface area contributed by atoms with Crippen molar-refractivity contribution in [2.75, 3.05) is 26.0 Å². The molecule has 2 aromatic rings.